The number of ether oxygens (including phenoxy) is 10. The fourth-order valence-electron chi connectivity index (χ4n) is 8.57. The van der Waals surface area contributed by atoms with Gasteiger partial charge in [0, 0.05) is 53.1 Å². The normalized spacial score (nSPS) is 38.1. The Morgan fingerprint density at radius 2 is 1.57 bits per heavy atom. The van der Waals surface area contributed by atoms with E-state index in [1.54, 1.807) is 84.8 Å². The number of aldehydes is 1. The number of allylic oxidation sites excluding steroid dienone is 2. The van der Waals surface area contributed by atoms with E-state index < -0.39 is 133 Å². The molecule has 0 bridgehead atoms. The van der Waals surface area contributed by atoms with Crippen molar-refractivity contribution in [1.82, 2.24) is 4.90 Å². The number of esters is 5. The van der Waals surface area contributed by atoms with Crippen molar-refractivity contribution in [1.29, 1.82) is 0 Å². The maximum absolute atomic E-state index is 13.4. The molecular formula is C45H71NO17. The maximum atomic E-state index is 13.4. The summed E-state index contributed by atoms with van der Waals surface area (Å²) < 4.78 is 60.7. The zero-order valence-corrected chi connectivity index (χ0v) is 38.9. The van der Waals surface area contributed by atoms with Gasteiger partial charge in [-0.2, -0.15) is 0 Å². The summed E-state index contributed by atoms with van der Waals surface area (Å²) in [5, 5.41) is 12.2. The number of cyclic esters (lactones) is 1. The number of hydrogen-bond donors (Lipinski definition) is 1. The van der Waals surface area contributed by atoms with Crippen LogP contribution < -0.4 is 0 Å². The van der Waals surface area contributed by atoms with Crippen LogP contribution in [-0.4, -0.2) is 153 Å². The summed E-state index contributed by atoms with van der Waals surface area (Å²) in [5.41, 5.74) is -1.33. The Kier molecular flexibility index (Phi) is 21.3. The molecule has 18 heteroatoms. The van der Waals surface area contributed by atoms with Gasteiger partial charge in [0.2, 0.25) is 0 Å². The highest BCUT2D eigenvalue weighted by molar-refractivity contribution is 5.73. The number of likely N-dealkylation sites (N-methyl/N-ethyl adjacent to an activating group) is 1. The molecule has 0 aliphatic carbocycles. The van der Waals surface area contributed by atoms with Gasteiger partial charge in [0.15, 0.2) is 24.3 Å². The molecule has 2 saturated heterocycles. The van der Waals surface area contributed by atoms with Gasteiger partial charge in [0.25, 0.3) is 0 Å². The third-order valence-corrected chi connectivity index (χ3v) is 11.5. The molecule has 0 radical (unpaired) electrons. The van der Waals surface area contributed by atoms with Crippen LogP contribution in [-0.2, 0) is 76.1 Å². The Labute approximate surface area is 371 Å². The summed E-state index contributed by atoms with van der Waals surface area (Å²) in [7, 11) is 4.82. The van der Waals surface area contributed by atoms with E-state index in [9.17, 15) is 33.9 Å². The van der Waals surface area contributed by atoms with Gasteiger partial charge < -0.3 is 62.2 Å². The van der Waals surface area contributed by atoms with E-state index in [4.69, 9.17) is 47.4 Å². The lowest BCUT2D eigenvalue weighted by atomic mass is 9.82. The quantitative estimate of drug-likeness (QED) is 0.148. The summed E-state index contributed by atoms with van der Waals surface area (Å²) in [6, 6.07) is -0.833. The number of aliphatic hydroxyl groups excluding tert-OH is 1. The minimum atomic E-state index is -1.45. The van der Waals surface area contributed by atoms with Gasteiger partial charge in [-0.05, 0) is 66.1 Å². The zero-order chi connectivity index (χ0) is 47.2. The average Bonchev–Trinajstić information content (AvgIpc) is 3.18. The summed E-state index contributed by atoms with van der Waals surface area (Å²) in [6.07, 6.45) is -4.48. The number of nitrogens with zero attached hydrogens (tertiary/aromatic N) is 1. The predicted octanol–water partition coefficient (Wildman–Crippen LogP) is 3.91. The third-order valence-electron chi connectivity index (χ3n) is 11.5. The summed E-state index contributed by atoms with van der Waals surface area (Å²) >= 11 is 0. The summed E-state index contributed by atoms with van der Waals surface area (Å²) in [4.78, 5) is 77.6. The van der Waals surface area contributed by atoms with Gasteiger partial charge in [-0.15, -0.1) is 0 Å². The largest absolute Gasteiger partial charge is 0.462 e. The molecule has 3 aliphatic heterocycles. The number of hydrogen-bond acceptors (Lipinski definition) is 18. The lowest BCUT2D eigenvalue weighted by Gasteiger charge is -2.50. The van der Waals surface area contributed by atoms with Gasteiger partial charge in [-0.1, -0.05) is 39.0 Å². The maximum Gasteiger partial charge on any atom is 0.309 e. The summed E-state index contributed by atoms with van der Waals surface area (Å²) in [5.74, 6) is -4.06. The molecule has 0 saturated carbocycles. The third kappa shape index (κ3) is 15.4. The van der Waals surface area contributed by atoms with Crippen LogP contribution in [0, 0.1) is 11.8 Å². The van der Waals surface area contributed by atoms with Crippen LogP contribution in [0.15, 0.2) is 24.3 Å². The number of carbonyl (C=O) groups is 6. The van der Waals surface area contributed by atoms with E-state index in [0.717, 1.165) is 0 Å². The fraction of sp³-hybridized carbons (Fsp3) is 0.778. The second-order valence-electron chi connectivity index (χ2n) is 17.1. The SMILES string of the molecule is CCC(=O)O[C@@H]1CC(=O)O[C@H](C)C/C=C/C=C/[C@H](OC(C)=O)[C@H](C)C[C@@H](CC=O)[C@@H](O[C@@H]2O[C@H](C)[C@@H](O[C@H]3C[C@@](C)(OC(C)=O)[C@@H](OC(=O)CC)[C@H](C)O3)[C@H](N(C)C)[C@H]2O)[C@H]1OC. The van der Waals surface area contributed by atoms with Gasteiger partial charge in [-0.3, -0.25) is 24.0 Å². The van der Waals surface area contributed by atoms with Gasteiger partial charge >= 0.3 is 29.8 Å². The monoisotopic (exact) mass is 897 g/mol. The van der Waals surface area contributed by atoms with Crippen LogP contribution in [0.3, 0.4) is 0 Å². The van der Waals surface area contributed by atoms with Gasteiger partial charge in [0.1, 0.15) is 42.9 Å². The molecule has 3 rings (SSSR count). The molecular weight excluding hydrogens is 826 g/mol. The van der Waals surface area contributed by atoms with E-state index >= 15 is 0 Å². The Morgan fingerprint density at radius 1 is 0.905 bits per heavy atom. The van der Waals surface area contributed by atoms with Crippen LogP contribution >= 0.6 is 0 Å². The molecule has 2 fully saturated rings. The molecule has 0 aromatic heterocycles. The first-order valence-corrected chi connectivity index (χ1v) is 21.9. The van der Waals surface area contributed by atoms with Crippen molar-refractivity contribution in [3.05, 3.63) is 24.3 Å². The predicted molar refractivity (Wildman–Crippen MR) is 224 cm³/mol. The molecule has 63 heavy (non-hydrogen) atoms. The molecule has 0 aromatic rings. The minimum absolute atomic E-state index is 0.0260. The molecule has 1 N–H and O–H groups in total. The van der Waals surface area contributed by atoms with Crippen molar-refractivity contribution < 1.29 is 81.2 Å². The average molecular weight is 898 g/mol. The second kappa shape index (κ2) is 25.1. The number of carbonyl (C=O) groups excluding carboxylic acids is 6. The minimum Gasteiger partial charge on any atom is -0.462 e. The highest BCUT2D eigenvalue weighted by Crippen LogP contribution is 2.39. The lowest BCUT2D eigenvalue weighted by molar-refractivity contribution is -0.344. The smallest absolute Gasteiger partial charge is 0.309 e. The Morgan fingerprint density at radius 3 is 2.16 bits per heavy atom. The van der Waals surface area contributed by atoms with E-state index in [1.165, 1.54) is 21.0 Å². The van der Waals surface area contributed by atoms with Crippen molar-refractivity contribution in [3.63, 3.8) is 0 Å². The van der Waals surface area contributed by atoms with E-state index in [2.05, 4.69) is 0 Å². The topological polar surface area (TPSA) is 218 Å². The lowest BCUT2D eigenvalue weighted by Crippen LogP contribution is -2.66. The van der Waals surface area contributed by atoms with E-state index in [1.807, 2.05) is 6.92 Å². The standard InChI is InChI=1S/C45H71NO17/c1-13-34(50)59-33-23-36(52)55-26(4)18-16-15-17-19-32(58-29(7)48)25(3)22-31(20-21-47)41(42(33)54-12)62-44-39(53)38(46(10)11)40(27(5)57-44)61-37-24-45(9,63-30(8)49)43(28(6)56-37)60-35(51)14-2/h15-17,19,21,25-28,31-33,37-44,53H,13-14,18,20,22-24H2,1-12H3/b16-15+,19-17+/t25-,26-,27-,28+,31-,32+,33-,37+,38-,39-,40-,41-,42+,43+,44+,45-/m1/s1. The van der Waals surface area contributed by atoms with Crippen molar-refractivity contribution in [2.24, 2.45) is 11.8 Å². The Balaban J connectivity index is 2.09. The second-order valence-corrected chi connectivity index (χ2v) is 17.1. The first-order valence-electron chi connectivity index (χ1n) is 21.9. The molecule has 0 unspecified atom stereocenters. The van der Waals surface area contributed by atoms with E-state index in [0.29, 0.717) is 12.7 Å². The fourth-order valence-corrected chi connectivity index (χ4v) is 8.57. The summed E-state index contributed by atoms with van der Waals surface area (Å²) in [6.45, 7) is 14.4. The molecule has 0 amide bonds. The first kappa shape index (κ1) is 53.6. The van der Waals surface area contributed by atoms with Crippen LogP contribution in [0.25, 0.3) is 0 Å². The molecule has 0 spiro atoms. The molecule has 3 heterocycles. The molecule has 3 aliphatic rings. The van der Waals surface area contributed by atoms with Crippen molar-refractivity contribution in [3.8, 4) is 0 Å². The van der Waals surface area contributed by atoms with Crippen LogP contribution in [0.2, 0.25) is 0 Å². The van der Waals surface area contributed by atoms with Crippen molar-refractivity contribution in [2.45, 2.75) is 193 Å². The molecule has 0 aromatic carbocycles. The molecule has 18 nitrogen and oxygen atoms in total. The zero-order valence-electron chi connectivity index (χ0n) is 38.9. The first-order chi connectivity index (χ1) is 29.7. The molecule has 16 atom stereocenters. The van der Waals surface area contributed by atoms with Crippen LogP contribution in [0.5, 0.6) is 0 Å². The number of aliphatic hydroxyl groups is 1. The van der Waals surface area contributed by atoms with Crippen molar-refractivity contribution >= 4 is 36.1 Å². The van der Waals surface area contributed by atoms with Crippen molar-refractivity contribution in [2.75, 3.05) is 21.2 Å². The Bertz CT molecular complexity index is 1590. The Hall–Kier alpha value is -3.78. The number of rotatable bonds is 14. The van der Waals surface area contributed by atoms with Gasteiger partial charge in [-0.25, -0.2) is 0 Å². The highest BCUT2D eigenvalue weighted by Gasteiger charge is 2.54. The van der Waals surface area contributed by atoms with E-state index in [-0.39, 0.29) is 32.1 Å². The number of methoxy groups -OCH3 is 1. The van der Waals surface area contributed by atoms with Crippen LogP contribution in [0.4, 0.5) is 0 Å². The highest BCUT2D eigenvalue weighted by atomic mass is 16.7. The van der Waals surface area contributed by atoms with Crippen LogP contribution in [0.1, 0.15) is 107 Å². The molecule has 358 valence electrons. The van der Waals surface area contributed by atoms with Gasteiger partial charge in [0.05, 0.1) is 30.8 Å².